The SMILES string of the molecule is CCCCN(CC(=O)N(CCc1ccc(OC)c(OC)c1)Cc1cccs1)S(=O)(=O)c1cccc2ccccc12. The molecule has 3 aromatic carbocycles. The van der Waals surface area contributed by atoms with E-state index < -0.39 is 10.0 Å². The number of unbranched alkanes of at least 4 members (excludes halogenated alkanes) is 1. The third kappa shape index (κ3) is 7.02. The molecule has 0 N–H and O–H groups in total. The smallest absolute Gasteiger partial charge is 0.244 e. The Labute approximate surface area is 241 Å². The number of carbonyl (C=O) groups excluding carboxylic acids is 1. The first kappa shape index (κ1) is 29.6. The van der Waals surface area contributed by atoms with Gasteiger partial charge in [0.2, 0.25) is 15.9 Å². The van der Waals surface area contributed by atoms with E-state index in [4.69, 9.17) is 9.47 Å². The predicted octanol–water partition coefficient (Wildman–Crippen LogP) is 5.98. The van der Waals surface area contributed by atoms with Gasteiger partial charge in [0.05, 0.1) is 32.2 Å². The summed E-state index contributed by atoms with van der Waals surface area (Å²) in [7, 11) is -0.731. The summed E-state index contributed by atoms with van der Waals surface area (Å²) in [4.78, 5) is 16.8. The van der Waals surface area contributed by atoms with Crippen LogP contribution in [0.25, 0.3) is 10.8 Å². The van der Waals surface area contributed by atoms with Crippen LogP contribution in [-0.2, 0) is 27.8 Å². The van der Waals surface area contributed by atoms with Crippen LogP contribution in [0.2, 0.25) is 0 Å². The van der Waals surface area contributed by atoms with Crippen molar-refractivity contribution >= 4 is 38.0 Å². The Bertz CT molecular complexity index is 1510. The van der Waals surface area contributed by atoms with Gasteiger partial charge in [0.15, 0.2) is 11.5 Å². The lowest BCUT2D eigenvalue weighted by Gasteiger charge is -2.27. The minimum atomic E-state index is -3.92. The number of nitrogens with zero attached hydrogens (tertiary/aromatic N) is 2. The van der Waals surface area contributed by atoms with Crippen molar-refractivity contribution in [3.8, 4) is 11.5 Å². The first-order chi connectivity index (χ1) is 19.4. The van der Waals surface area contributed by atoms with E-state index in [0.717, 1.165) is 22.2 Å². The quantitative estimate of drug-likeness (QED) is 0.183. The molecule has 40 heavy (non-hydrogen) atoms. The minimum absolute atomic E-state index is 0.219. The van der Waals surface area contributed by atoms with Crippen LogP contribution < -0.4 is 9.47 Å². The second-order valence-corrected chi connectivity index (χ2v) is 12.4. The molecule has 0 bridgehead atoms. The average Bonchev–Trinajstić information content (AvgIpc) is 3.49. The molecule has 0 spiro atoms. The Hall–Kier alpha value is -3.40. The van der Waals surface area contributed by atoms with E-state index in [2.05, 4.69) is 0 Å². The maximum atomic E-state index is 14.0. The van der Waals surface area contributed by atoms with Crippen molar-refractivity contribution in [2.24, 2.45) is 0 Å². The monoisotopic (exact) mass is 580 g/mol. The standard InChI is InChI=1S/C31H36N2O5S2/c1-4-5-18-33(40(35,36)30-14-8-11-25-10-6-7-13-27(25)30)23-31(34)32(22-26-12-9-20-39-26)19-17-24-15-16-28(37-2)29(21-24)38-3/h6-16,20-21H,4-5,17-19,22-23H2,1-3H3. The highest BCUT2D eigenvalue weighted by molar-refractivity contribution is 7.89. The highest BCUT2D eigenvalue weighted by atomic mass is 32.2. The Balaban J connectivity index is 1.59. The normalized spacial score (nSPS) is 11.6. The van der Waals surface area contributed by atoms with Gasteiger partial charge in [0.25, 0.3) is 0 Å². The van der Waals surface area contributed by atoms with E-state index in [1.54, 1.807) is 42.6 Å². The lowest BCUT2D eigenvalue weighted by Crippen LogP contribution is -2.43. The molecule has 0 atom stereocenters. The fraction of sp³-hybridized carbons (Fsp3) is 0.323. The minimum Gasteiger partial charge on any atom is -0.493 e. The number of carbonyl (C=O) groups is 1. The summed E-state index contributed by atoms with van der Waals surface area (Å²) in [6.45, 7) is 2.91. The van der Waals surface area contributed by atoms with Crippen molar-refractivity contribution in [2.45, 2.75) is 37.6 Å². The van der Waals surface area contributed by atoms with Crippen molar-refractivity contribution in [2.75, 3.05) is 33.9 Å². The molecule has 4 aromatic rings. The van der Waals surface area contributed by atoms with E-state index in [-0.39, 0.29) is 23.9 Å². The molecule has 0 saturated heterocycles. The van der Waals surface area contributed by atoms with Crippen molar-refractivity contribution in [3.05, 3.63) is 88.6 Å². The van der Waals surface area contributed by atoms with Crippen LogP contribution in [0.1, 0.15) is 30.2 Å². The summed E-state index contributed by atoms with van der Waals surface area (Å²) in [6.07, 6.45) is 2.06. The van der Waals surface area contributed by atoms with Gasteiger partial charge < -0.3 is 14.4 Å². The molecule has 0 saturated carbocycles. The number of methoxy groups -OCH3 is 2. The van der Waals surface area contributed by atoms with Gasteiger partial charge in [0, 0.05) is 23.4 Å². The van der Waals surface area contributed by atoms with Crippen LogP contribution in [0, 0.1) is 0 Å². The second kappa shape index (κ2) is 13.8. The number of ether oxygens (including phenoxy) is 2. The molecule has 0 unspecified atom stereocenters. The number of benzene rings is 3. The van der Waals surface area contributed by atoms with Gasteiger partial charge in [-0.05, 0) is 53.4 Å². The molecule has 0 aliphatic heterocycles. The summed E-state index contributed by atoms with van der Waals surface area (Å²) in [5.41, 5.74) is 0.993. The van der Waals surface area contributed by atoms with Crippen molar-refractivity contribution in [3.63, 3.8) is 0 Å². The number of sulfonamides is 1. The Kier molecular flexibility index (Phi) is 10.2. The van der Waals surface area contributed by atoms with Crippen molar-refractivity contribution in [1.29, 1.82) is 0 Å². The third-order valence-electron chi connectivity index (χ3n) is 6.84. The Morgan fingerprint density at radius 1 is 0.900 bits per heavy atom. The van der Waals surface area contributed by atoms with Gasteiger partial charge in [-0.1, -0.05) is 61.9 Å². The van der Waals surface area contributed by atoms with E-state index in [1.165, 1.54) is 4.31 Å². The van der Waals surface area contributed by atoms with Crippen LogP contribution in [0.3, 0.4) is 0 Å². The molecule has 212 valence electrons. The van der Waals surface area contributed by atoms with Gasteiger partial charge in [-0.15, -0.1) is 11.3 Å². The maximum Gasteiger partial charge on any atom is 0.244 e. The van der Waals surface area contributed by atoms with Gasteiger partial charge in [-0.25, -0.2) is 8.42 Å². The molecule has 1 heterocycles. The first-order valence-electron chi connectivity index (χ1n) is 13.4. The summed E-state index contributed by atoms with van der Waals surface area (Å²) in [5.74, 6) is 1.04. The number of rotatable bonds is 14. The van der Waals surface area contributed by atoms with E-state index in [1.807, 2.05) is 73.0 Å². The zero-order valence-electron chi connectivity index (χ0n) is 23.2. The summed E-state index contributed by atoms with van der Waals surface area (Å²) < 4.78 is 40.1. The van der Waals surface area contributed by atoms with Crippen LogP contribution in [0.15, 0.2) is 83.1 Å². The molecule has 7 nitrogen and oxygen atoms in total. The topological polar surface area (TPSA) is 76.2 Å². The van der Waals surface area contributed by atoms with E-state index in [9.17, 15) is 13.2 Å². The van der Waals surface area contributed by atoms with E-state index in [0.29, 0.717) is 42.8 Å². The fourth-order valence-electron chi connectivity index (χ4n) is 4.61. The van der Waals surface area contributed by atoms with Crippen molar-refractivity contribution in [1.82, 2.24) is 9.21 Å². The van der Waals surface area contributed by atoms with Gasteiger partial charge in [-0.3, -0.25) is 4.79 Å². The number of thiophene rings is 1. The molecule has 0 radical (unpaired) electrons. The lowest BCUT2D eigenvalue weighted by atomic mass is 10.1. The fourth-order valence-corrected chi connectivity index (χ4v) is 6.97. The van der Waals surface area contributed by atoms with Crippen LogP contribution in [0.4, 0.5) is 0 Å². The summed E-state index contributed by atoms with van der Waals surface area (Å²) in [5, 5.41) is 3.48. The first-order valence-corrected chi connectivity index (χ1v) is 15.7. The van der Waals surface area contributed by atoms with E-state index >= 15 is 0 Å². The molecule has 1 aromatic heterocycles. The maximum absolute atomic E-state index is 14.0. The zero-order chi connectivity index (χ0) is 28.5. The van der Waals surface area contributed by atoms with Gasteiger partial charge in [-0.2, -0.15) is 4.31 Å². The van der Waals surface area contributed by atoms with Crippen LogP contribution in [0.5, 0.6) is 11.5 Å². The third-order valence-corrected chi connectivity index (χ3v) is 9.60. The molecule has 0 aliphatic carbocycles. The molecule has 4 rings (SSSR count). The number of hydrogen-bond acceptors (Lipinski definition) is 6. The zero-order valence-corrected chi connectivity index (χ0v) is 24.8. The molecule has 1 amide bonds. The van der Waals surface area contributed by atoms with Crippen LogP contribution >= 0.6 is 11.3 Å². The number of amides is 1. The Morgan fingerprint density at radius 3 is 2.40 bits per heavy atom. The molecule has 0 fully saturated rings. The van der Waals surface area contributed by atoms with Gasteiger partial charge in [0.1, 0.15) is 0 Å². The molecular weight excluding hydrogens is 544 g/mol. The average molecular weight is 581 g/mol. The molecule has 9 heteroatoms. The predicted molar refractivity (Wildman–Crippen MR) is 161 cm³/mol. The summed E-state index contributed by atoms with van der Waals surface area (Å²) >= 11 is 1.58. The van der Waals surface area contributed by atoms with Crippen molar-refractivity contribution < 1.29 is 22.7 Å². The molecule has 0 aliphatic rings. The largest absolute Gasteiger partial charge is 0.493 e. The highest BCUT2D eigenvalue weighted by Gasteiger charge is 2.29. The number of fused-ring (bicyclic) bond motifs is 1. The second-order valence-electron chi connectivity index (χ2n) is 9.50. The highest BCUT2D eigenvalue weighted by Crippen LogP contribution is 2.29. The van der Waals surface area contributed by atoms with Gasteiger partial charge >= 0.3 is 0 Å². The summed E-state index contributed by atoms with van der Waals surface area (Å²) in [6, 6.07) is 22.4. The lowest BCUT2D eigenvalue weighted by molar-refractivity contribution is -0.132. The molecular formula is C31H36N2O5S2. The Morgan fingerprint density at radius 2 is 1.68 bits per heavy atom. The number of hydrogen-bond donors (Lipinski definition) is 0. The van der Waals surface area contributed by atoms with Crippen LogP contribution in [-0.4, -0.2) is 57.4 Å².